The lowest BCUT2D eigenvalue weighted by molar-refractivity contribution is -0.160. The average molecular weight is 490 g/mol. The molecule has 0 unspecified atom stereocenters. The van der Waals surface area contributed by atoms with Gasteiger partial charge in [-0.2, -0.15) is 4.31 Å². The minimum Gasteiger partial charge on any atom is -0.497 e. The van der Waals surface area contributed by atoms with Crippen molar-refractivity contribution in [2.75, 3.05) is 20.3 Å². The van der Waals surface area contributed by atoms with Crippen LogP contribution >= 0.6 is 0 Å². The van der Waals surface area contributed by atoms with E-state index in [1.165, 1.54) is 0 Å². The van der Waals surface area contributed by atoms with Crippen LogP contribution < -0.4 is 4.74 Å². The van der Waals surface area contributed by atoms with E-state index in [0.29, 0.717) is 41.2 Å². The van der Waals surface area contributed by atoms with Crippen LogP contribution in [0.1, 0.15) is 49.4 Å². The number of hydrogen-bond acceptors (Lipinski definition) is 6. The van der Waals surface area contributed by atoms with Gasteiger partial charge in [0.15, 0.2) is 0 Å². The molecule has 0 radical (unpaired) electrons. The molecule has 0 fully saturated rings. The maximum Gasteiger partial charge on any atom is 0.332 e. The molecule has 1 atom stereocenters. The smallest absolute Gasteiger partial charge is 0.332 e. The zero-order chi connectivity index (χ0) is 25.1. The summed E-state index contributed by atoms with van der Waals surface area (Å²) in [6, 6.07) is 11.1. The summed E-state index contributed by atoms with van der Waals surface area (Å²) < 4.78 is 45.6. The molecule has 1 heterocycles. The summed E-state index contributed by atoms with van der Waals surface area (Å²) in [4.78, 5) is 12.3. The van der Waals surface area contributed by atoms with Crippen LogP contribution in [0, 0.1) is 13.8 Å². The normalized spacial score (nSPS) is 16.7. The molecule has 0 saturated carbocycles. The standard InChI is InChI=1S/C26H35NO6S/c1-18-13-23(31-6)14-19(2)25(18)34(29,30)27-16-21-10-8-7-9-20(21)15-22(27)11-12-32-17-24(28)33-26(3,4)5/h7-10,13-14,22H,11-12,15-17H2,1-6H3/t22-/m1/s1. The number of carbonyl (C=O) groups is 1. The molecule has 0 saturated heterocycles. The molecule has 3 rings (SSSR count). The van der Waals surface area contributed by atoms with Crippen molar-refractivity contribution in [3.8, 4) is 5.75 Å². The second kappa shape index (κ2) is 10.5. The third kappa shape index (κ3) is 6.17. The molecule has 2 aromatic rings. The highest BCUT2D eigenvalue weighted by molar-refractivity contribution is 7.89. The molecular formula is C26H35NO6S. The van der Waals surface area contributed by atoms with E-state index < -0.39 is 21.6 Å². The van der Waals surface area contributed by atoms with Crippen molar-refractivity contribution in [3.05, 3.63) is 58.7 Å². The van der Waals surface area contributed by atoms with Gasteiger partial charge in [-0.05, 0) is 81.8 Å². The van der Waals surface area contributed by atoms with Gasteiger partial charge >= 0.3 is 5.97 Å². The molecule has 0 spiro atoms. The summed E-state index contributed by atoms with van der Waals surface area (Å²) in [6.45, 7) is 9.37. The van der Waals surface area contributed by atoms with Gasteiger partial charge in [0.2, 0.25) is 10.0 Å². The molecule has 1 aliphatic rings. The van der Waals surface area contributed by atoms with E-state index in [9.17, 15) is 13.2 Å². The fourth-order valence-corrected chi connectivity index (χ4v) is 6.44. The van der Waals surface area contributed by atoms with E-state index in [1.807, 2.05) is 24.3 Å². The van der Waals surface area contributed by atoms with Gasteiger partial charge in [-0.1, -0.05) is 24.3 Å². The highest BCUT2D eigenvalue weighted by atomic mass is 32.2. The molecule has 1 aliphatic heterocycles. The number of aryl methyl sites for hydroxylation is 2. The Labute approximate surface area is 203 Å². The summed E-state index contributed by atoms with van der Waals surface area (Å²) in [5.41, 5.74) is 2.85. The molecular weight excluding hydrogens is 454 g/mol. The Balaban J connectivity index is 1.83. The topological polar surface area (TPSA) is 82.1 Å². The molecule has 7 nitrogen and oxygen atoms in total. The van der Waals surface area contributed by atoms with Gasteiger partial charge < -0.3 is 14.2 Å². The van der Waals surface area contributed by atoms with Crippen molar-refractivity contribution in [1.29, 1.82) is 0 Å². The lowest BCUT2D eigenvalue weighted by Gasteiger charge is -2.36. The van der Waals surface area contributed by atoms with Gasteiger partial charge in [-0.15, -0.1) is 0 Å². The number of methoxy groups -OCH3 is 1. The van der Waals surface area contributed by atoms with Crippen LogP contribution in [0.2, 0.25) is 0 Å². The van der Waals surface area contributed by atoms with E-state index in [-0.39, 0.29) is 19.3 Å². The van der Waals surface area contributed by atoms with Crippen molar-refractivity contribution in [2.24, 2.45) is 0 Å². The van der Waals surface area contributed by atoms with Crippen LogP contribution in [0.5, 0.6) is 5.75 Å². The van der Waals surface area contributed by atoms with Gasteiger partial charge in [0.05, 0.1) is 12.0 Å². The molecule has 8 heteroatoms. The van der Waals surface area contributed by atoms with Crippen LogP contribution in [0.4, 0.5) is 0 Å². The molecule has 2 aromatic carbocycles. The molecule has 186 valence electrons. The second-order valence-corrected chi connectivity index (χ2v) is 11.5. The van der Waals surface area contributed by atoms with Gasteiger partial charge in [-0.25, -0.2) is 13.2 Å². The number of benzene rings is 2. The van der Waals surface area contributed by atoms with Crippen molar-refractivity contribution in [2.45, 2.75) is 70.5 Å². The molecule has 0 aromatic heterocycles. The van der Waals surface area contributed by atoms with Gasteiger partial charge in [0, 0.05) is 19.2 Å². The van der Waals surface area contributed by atoms with Crippen LogP contribution in [0.3, 0.4) is 0 Å². The summed E-state index contributed by atoms with van der Waals surface area (Å²) in [6.07, 6.45) is 1.05. The number of hydrogen-bond donors (Lipinski definition) is 0. The number of esters is 1. The Hall–Kier alpha value is -2.42. The van der Waals surface area contributed by atoms with E-state index in [4.69, 9.17) is 14.2 Å². The van der Waals surface area contributed by atoms with E-state index in [0.717, 1.165) is 11.1 Å². The highest BCUT2D eigenvalue weighted by Crippen LogP contribution is 2.34. The van der Waals surface area contributed by atoms with E-state index in [1.54, 1.807) is 58.2 Å². The van der Waals surface area contributed by atoms with E-state index >= 15 is 0 Å². The minimum atomic E-state index is -3.79. The number of sulfonamides is 1. The SMILES string of the molecule is COc1cc(C)c(S(=O)(=O)N2Cc3ccccc3C[C@H]2CCOCC(=O)OC(C)(C)C)c(C)c1. The quantitative estimate of drug-likeness (QED) is 0.409. The fourth-order valence-electron chi connectivity index (χ4n) is 4.39. The third-order valence-corrected chi connectivity index (χ3v) is 7.98. The predicted octanol–water partition coefficient (Wildman–Crippen LogP) is 4.18. The Morgan fingerprint density at radius 3 is 2.29 bits per heavy atom. The number of rotatable bonds is 8. The van der Waals surface area contributed by atoms with Crippen molar-refractivity contribution in [1.82, 2.24) is 4.31 Å². The zero-order valence-electron chi connectivity index (χ0n) is 20.9. The third-order valence-electron chi connectivity index (χ3n) is 5.78. The largest absolute Gasteiger partial charge is 0.497 e. The average Bonchev–Trinajstić information content (AvgIpc) is 2.74. The van der Waals surface area contributed by atoms with Crippen LogP contribution in [-0.2, 0) is 37.3 Å². The van der Waals surface area contributed by atoms with Crippen molar-refractivity contribution < 1.29 is 27.4 Å². The van der Waals surface area contributed by atoms with Gasteiger partial charge in [0.1, 0.15) is 18.0 Å². The minimum absolute atomic E-state index is 0.163. The summed E-state index contributed by atoms with van der Waals surface area (Å²) in [7, 11) is -2.22. The highest BCUT2D eigenvalue weighted by Gasteiger charge is 2.37. The molecule has 0 bridgehead atoms. The van der Waals surface area contributed by atoms with Crippen LogP contribution in [0.15, 0.2) is 41.3 Å². The van der Waals surface area contributed by atoms with Crippen LogP contribution in [-0.4, -0.2) is 50.7 Å². The van der Waals surface area contributed by atoms with Gasteiger partial charge in [-0.3, -0.25) is 0 Å². The molecule has 0 amide bonds. The predicted molar refractivity (Wildman–Crippen MR) is 130 cm³/mol. The first kappa shape index (κ1) is 26.2. The first-order valence-electron chi connectivity index (χ1n) is 11.5. The number of ether oxygens (including phenoxy) is 3. The maximum atomic E-state index is 13.9. The van der Waals surface area contributed by atoms with Crippen molar-refractivity contribution >= 4 is 16.0 Å². The Morgan fingerprint density at radius 2 is 1.71 bits per heavy atom. The monoisotopic (exact) mass is 489 g/mol. The number of nitrogens with zero attached hydrogens (tertiary/aromatic N) is 1. The number of carbonyl (C=O) groups excluding carboxylic acids is 1. The summed E-state index contributed by atoms with van der Waals surface area (Å²) >= 11 is 0. The van der Waals surface area contributed by atoms with Crippen LogP contribution in [0.25, 0.3) is 0 Å². The Kier molecular flexibility index (Phi) is 8.06. The maximum absolute atomic E-state index is 13.9. The number of fused-ring (bicyclic) bond motifs is 1. The molecule has 0 aliphatic carbocycles. The fraction of sp³-hybridized carbons (Fsp3) is 0.500. The first-order chi connectivity index (χ1) is 15.9. The Bertz CT molecular complexity index is 1110. The lowest BCUT2D eigenvalue weighted by atomic mass is 9.94. The Morgan fingerprint density at radius 1 is 1.09 bits per heavy atom. The zero-order valence-corrected chi connectivity index (χ0v) is 21.7. The first-order valence-corrected chi connectivity index (χ1v) is 12.9. The van der Waals surface area contributed by atoms with Gasteiger partial charge in [0.25, 0.3) is 0 Å². The lowest BCUT2D eigenvalue weighted by Crippen LogP contribution is -2.45. The summed E-state index contributed by atoms with van der Waals surface area (Å²) in [5, 5.41) is 0. The van der Waals surface area contributed by atoms with E-state index in [2.05, 4.69) is 0 Å². The molecule has 0 N–H and O–H groups in total. The second-order valence-electron chi connectivity index (χ2n) is 9.69. The molecule has 34 heavy (non-hydrogen) atoms. The summed E-state index contributed by atoms with van der Waals surface area (Å²) in [5.74, 6) is 0.195. The van der Waals surface area contributed by atoms with Crippen molar-refractivity contribution in [3.63, 3.8) is 0 Å².